The summed E-state index contributed by atoms with van der Waals surface area (Å²) in [5.74, 6) is 0.638. The fraction of sp³-hybridized carbons (Fsp3) is 0.125. The topological polar surface area (TPSA) is 46.1 Å². The average Bonchev–Trinajstić information content (AvgIpc) is 3.15. The van der Waals surface area contributed by atoms with E-state index < -0.39 is 0 Å². The van der Waals surface area contributed by atoms with Crippen LogP contribution in [0.2, 0.25) is 0 Å². The number of rotatable bonds is 3. The third-order valence-electron chi connectivity index (χ3n) is 5.14. The van der Waals surface area contributed by atoms with Crippen molar-refractivity contribution >= 4 is 34.4 Å². The van der Waals surface area contributed by atoms with Crippen molar-refractivity contribution in [1.82, 2.24) is 9.97 Å². The van der Waals surface area contributed by atoms with Crippen LogP contribution >= 0.6 is 11.8 Å². The molecule has 0 radical (unpaired) electrons. The predicted molar refractivity (Wildman–Crippen MR) is 119 cm³/mol. The van der Waals surface area contributed by atoms with Gasteiger partial charge in [-0.05, 0) is 48.9 Å². The molecule has 0 saturated carbocycles. The van der Waals surface area contributed by atoms with Gasteiger partial charge in [0.25, 0.3) is 0 Å². The summed E-state index contributed by atoms with van der Waals surface area (Å²) < 4.78 is 0. The Morgan fingerprint density at radius 2 is 1.76 bits per heavy atom. The Morgan fingerprint density at radius 1 is 0.966 bits per heavy atom. The fourth-order valence-electron chi connectivity index (χ4n) is 3.59. The zero-order valence-corrected chi connectivity index (χ0v) is 16.8. The Labute approximate surface area is 173 Å². The molecule has 3 heterocycles. The van der Waals surface area contributed by atoms with E-state index in [4.69, 9.17) is 0 Å². The van der Waals surface area contributed by atoms with Crippen LogP contribution in [0.15, 0.2) is 79.0 Å². The second-order valence-corrected chi connectivity index (χ2v) is 8.20. The van der Waals surface area contributed by atoms with Gasteiger partial charge in [0.2, 0.25) is 5.91 Å². The lowest BCUT2D eigenvalue weighted by Crippen LogP contribution is -2.27. The number of anilines is 1. The second-order valence-electron chi connectivity index (χ2n) is 7.13. The molecule has 1 amide bonds. The number of carbonyl (C=O) groups is 1. The van der Waals surface area contributed by atoms with E-state index in [-0.39, 0.29) is 11.3 Å². The molecule has 142 valence electrons. The number of carbonyl (C=O) groups excluding carboxylic acids is 1. The summed E-state index contributed by atoms with van der Waals surface area (Å²) >= 11 is 1.67. The van der Waals surface area contributed by atoms with Crippen LogP contribution in [0.4, 0.5) is 5.69 Å². The molecular formula is C24H19N3OS. The summed E-state index contributed by atoms with van der Waals surface area (Å²) in [6.45, 7) is 2.07. The van der Waals surface area contributed by atoms with Crippen LogP contribution in [0.5, 0.6) is 0 Å². The summed E-state index contributed by atoms with van der Waals surface area (Å²) in [7, 11) is 0. The van der Waals surface area contributed by atoms with E-state index in [0.717, 1.165) is 33.5 Å². The van der Waals surface area contributed by atoms with Crippen molar-refractivity contribution in [3.63, 3.8) is 0 Å². The van der Waals surface area contributed by atoms with Gasteiger partial charge >= 0.3 is 0 Å². The monoisotopic (exact) mass is 397 g/mol. The fourth-order valence-corrected chi connectivity index (χ4v) is 4.76. The zero-order chi connectivity index (χ0) is 19.8. The Morgan fingerprint density at radius 3 is 2.55 bits per heavy atom. The lowest BCUT2D eigenvalue weighted by atomic mass is 10.1. The molecule has 4 nitrogen and oxygen atoms in total. The largest absolute Gasteiger partial charge is 0.295 e. The molecular weight excluding hydrogens is 378 g/mol. The number of nitrogens with zero attached hydrogens (tertiary/aromatic N) is 3. The van der Waals surface area contributed by atoms with Crippen LogP contribution in [-0.4, -0.2) is 21.6 Å². The second kappa shape index (κ2) is 7.33. The first kappa shape index (κ1) is 17.9. The van der Waals surface area contributed by atoms with Gasteiger partial charge in [-0.15, -0.1) is 11.8 Å². The van der Waals surface area contributed by atoms with Crippen molar-refractivity contribution in [2.24, 2.45) is 0 Å². The lowest BCUT2D eigenvalue weighted by Gasteiger charge is -2.24. The highest BCUT2D eigenvalue weighted by Gasteiger charge is 2.33. The van der Waals surface area contributed by atoms with Crippen molar-refractivity contribution in [3.05, 3.63) is 90.1 Å². The van der Waals surface area contributed by atoms with Crippen molar-refractivity contribution in [2.75, 3.05) is 10.7 Å². The third-order valence-corrected chi connectivity index (χ3v) is 6.35. The highest BCUT2D eigenvalue weighted by molar-refractivity contribution is 8.00. The molecule has 1 fully saturated rings. The van der Waals surface area contributed by atoms with Gasteiger partial charge in [-0.25, -0.2) is 9.97 Å². The molecule has 29 heavy (non-hydrogen) atoms. The quantitative estimate of drug-likeness (QED) is 0.465. The minimum atomic E-state index is 0.0111. The maximum absolute atomic E-state index is 12.6. The van der Waals surface area contributed by atoms with Crippen LogP contribution in [0.1, 0.15) is 16.5 Å². The van der Waals surface area contributed by atoms with Gasteiger partial charge in [0.15, 0.2) is 5.65 Å². The van der Waals surface area contributed by atoms with Gasteiger partial charge in [-0.2, -0.15) is 0 Å². The van der Waals surface area contributed by atoms with E-state index in [9.17, 15) is 4.79 Å². The van der Waals surface area contributed by atoms with Crippen LogP contribution < -0.4 is 4.90 Å². The minimum Gasteiger partial charge on any atom is -0.295 e. The number of fused-ring (bicyclic) bond motifs is 1. The van der Waals surface area contributed by atoms with Crippen molar-refractivity contribution in [1.29, 1.82) is 0 Å². The molecule has 1 unspecified atom stereocenters. The number of aromatic nitrogens is 2. The summed E-state index contributed by atoms with van der Waals surface area (Å²) in [6.07, 6.45) is 1.75. The molecule has 4 aromatic rings. The Balaban J connectivity index is 1.46. The van der Waals surface area contributed by atoms with Gasteiger partial charge in [0.1, 0.15) is 5.37 Å². The molecule has 5 rings (SSSR count). The predicted octanol–water partition coefficient (Wildman–Crippen LogP) is 5.38. The van der Waals surface area contributed by atoms with Gasteiger partial charge in [-0.3, -0.25) is 9.69 Å². The van der Waals surface area contributed by atoms with Gasteiger partial charge < -0.3 is 0 Å². The van der Waals surface area contributed by atoms with E-state index in [0.29, 0.717) is 5.75 Å². The lowest BCUT2D eigenvalue weighted by molar-refractivity contribution is -0.115. The van der Waals surface area contributed by atoms with Crippen LogP contribution in [-0.2, 0) is 4.79 Å². The first-order chi connectivity index (χ1) is 14.2. The molecule has 2 aromatic carbocycles. The molecule has 0 aliphatic carbocycles. The summed E-state index contributed by atoms with van der Waals surface area (Å²) in [4.78, 5) is 23.5. The van der Waals surface area contributed by atoms with Gasteiger partial charge in [0, 0.05) is 22.8 Å². The Hall–Kier alpha value is -3.18. The minimum absolute atomic E-state index is 0.0111. The molecule has 0 bridgehead atoms. The molecule has 2 aromatic heterocycles. The number of amides is 1. The summed E-state index contributed by atoms with van der Waals surface area (Å²) in [5, 5.41) is 1.03. The standard InChI is InChI=1S/C24H19N3OS/c1-16-4-6-19(7-5-16)24-27(22(28)15-29-24)20-11-8-17(9-12-20)21-13-10-18-3-2-14-25-23(18)26-21/h2-14,24H,15H2,1H3. The molecule has 1 atom stereocenters. The normalized spacial score (nSPS) is 16.5. The molecule has 0 N–H and O–H groups in total. The van der Waals surface area contributed by atoms with Crippen molar-refractivity contribution in [2.45, 2.75) is 12.3 Å². The highest BCUT2D eigenvalue weighted by Crippen LogP contribution is 2.42. The first-order valence-electron chi connectivity index (χ1n) is 9.51. The maximum atomic E-state index is 12.6. The van der Waals surface area contributed by atoms with Crippen molar-refractivity contribution < 1.29 is 4.79 Å². The maximum Gasteiger partial charge on any atom is 0.238 e. The molecule has 1 saturated heterocycles. The van der Waals surface area contributed by atoms with Crippen LogP contribution in [0.3, 0.4) is 0 Å². The molecule has 1 aliphatic rings. The zero-order valence-electron chi connectivity index (χ0n) is 15.9. The number of aryl methyl sites for hydroxylation is 1. The van der Waals surface area contributed by atoms with Crippen LogP contribution in [0.25, 0.3) is 22.3 Å². The van der Waals surface area contributed by atoms with E-state index in [1.807, 2.05) is 53.4 Å². The van der Waals surface area contributed by atoms with Gasteiger partial charge in [-0.1, -0.05) is 42.0 Å². The highest BCUT2D eigenvalue weighted by atomic mass is 32.2. The van der Waals surface area contributed by atoms with E-state index in [1.165, 1.54) is 5.56 Å². The number of hydrogen-bond acceptors (Lipinski definition) is 4. The van der Waals surface area contributed by atoms with Crippen molar-refractivity contribution in [3.8, 4) is 11.3 Å². The molecule has 5 heteroatoms. The smallest absolute Gasteiger partial charge is 0.238 e. The number of benzene rings is 2. The third kappa shape index (κ3) is 3.38. The summed E-state index contributed by atoms with van der Waals surface area (Å²) in [5.41, 5.74) is 5.90. The summed E-state index contributed by atoms with van der Waals surface area (Å²) in [6, 6.07) is 24.4. The Kier molecular flexibility index (Phi) is 4.52. The first-order valence-corrected chi connectivity index (χ1v) is 10.6. The number of pyridine rings is 2. The van der Waals surface area contributed by atoms with E-state index >= 15 is 0 Å². The average molecular weight is 398 g/mol. The SMILES string of the molecule is Cc1ccc(C2SCC(=O)N2c2ccc(-c3ccc4cccnc4n3)cc2)cc1. The van der Waals surface area contributed by atoms with Gasteiger partial charge in [0.05, 0.1) is 11.4 Å². The molecule has 0 spiro atoms. The van der Waals surface area contributed by atoms with E-state index in [1.54, 1.807) is 18.0 Å². The number of hydrogen-bond donors (Lipinski definition) is 0. The molecule has 1 aliphatic heterocycles. The van der Waals surface area contributed by atoms with Crippen LogP contribution in [0, 0.1) is 6.92 Å². The van der Waals surface area contributed by atoms with E-state index in [2.05, 4.69) is 41.2 Å². The number of thioether (sulfide) groups is 1. The Bertz CT molecular complexity index is 1190.